The molecule has 2 aromatic rings. The molecule has 80 valence electrons. The normalized spacial score (nSPS) is 14.0. The molecule has 1 N–H and O–H groups in total. The highest BCUT2D eigenvalue weighted by molar-refractivity contribution is 5.84. The summed E-state index contributed by atoms with van der Waals surface area (Å²) in [5.41, 5.74) is 2.68. The van der Waals surface area contributed by atoms with Crippen molar-refractivity contribution < 1.29 is 4.79 Å². The molecule has 0 aliphatic heterocycles. The van der Waals surface area contributed by atoms with Gasteiger partial charge in [0.1, 0.15) is 5.65 Å². The van der Waals surface area contributed by atoms with Gasteiger partial charge in [-0.05, 0) is 37.0 Å². The average Bonchev–Trinajstić information content (AvgIpc) is 2.72. The van der Waals surface area contributed by atoms with Crippen LogP contribution in [0.25, 0.3) is 11.0 Å². The molecule has 2 aromatic heterocycles. The Morgan fingerprint density at radius 1 is 1.31 bits per heavy atom. The van der Waals surface area contributed by atoms with Gasteiger partial charge in [-0.2, -0.15) is 0 Å². The summed E-state index contributed by atoms with van der Waals surface area (Å²) in [5.74, 6) is 0. The number of aryl methyl sites for hydroxylation is 2. The number of fused-ring (bicyclic) bond motifs is 2. The molecule has 1 aliphatic rings. The van der Waals surface area contributed by atoms with E-state index in [2.05, 4.69) is 9.97 Å². The quantitative estimate of drug-likeness (QED) is 0.726. The Morgan fingerprint density at radius 3 is 3.00 bits per heavy atom. The number of nitrogens with zero attached hydrogens (tertiary/aromatic N) is 1. The molecule has 0 saturated heterocycles. The van der Waals surface area contributed by atoms with Crippen LogP contribution in [0.2, 0.25) is 0 Å². The molecule has 0 fully saturated rings. The highest BCUT2D eigenvalue weighted by Gasteiger charge is 2.14. The number of aromatic amines is 1. The van der Waals surface area contributed by atoms with Gasteiger partial charge in [0.2, 0.25) is 0 Å². The molecule has 1 aliphatic carbocycles. The maximum atomic E-state index is 11.4. The molecule has 0 saturated carbocycles. The van der Waals surface area contributed by atoms with Gasteiger partial charge >= 0.3 is 0 Å². The molecule has 3 rings (SSSR count). The summed E-state index contributed by atoms with van der Waals surface area (Å²) in [6.45, 7) is 0. The maximum Gasteiger partial charge on any atom is 0.260 e. The largest absolute Gasteiger partial charge is 0.306 e. The molecule has 16 heavy (non-hydrogen) atoms. The fourth-order valence-corrected chi connectivity index (χ4v) is 2.20. The van der Waals surface area contributed by atoms with Gasteiger partial charge < -0.3 is 4.98 Å². The summed E-state index contributed by atoms with van der Waals surface area (Å²) in [6, 6.07) is 3.63. The second-order valence-electron chi connectivity index (χ2n) is 4.06. The smallest absolute Gasteiger partial charge is 0.260 e. The summed E-state index contributed by atoms with van der Waals surface area (Å²) in [5, 5.41) is 0.836. The number of rotatable bonds is 1. The first kappa shape index (κ1) is 9.27. The topological polar surface area (TPSA) is 62.8 Å². The molecule has 0 aromatic carbocycles. The zero-order valence-corrected chi connectivity index (χ0v) is 8.62. The zero-order valence-electron chi connectivity index (χ0n) is 8.62. The van der Waals surface area contributed by atoms with E-state index in [4.69, 9.17) is 0 Å². The van der Waals surface area contributed by atoms with Crippen molar-refractivity contribution in [1.82, 2.24) is 9.97 Å². The lowest BCUT2D eigenvalue weighted by Crippen LogP contribution is -2.12. The molecule has 0 spiro atoms. The number of carbonyl (C=O) groups is 1. The first-order valence-corrected chi connectivity index (χ1v) is 5.29. The Morgan fingerprint density at radius 2 is 2.19 bits per heavy atom. The minimum Gasteiger partial charge on any atom is -0.306 e. The molecular weight excluding hydrogens is 204 g/mol. The number of hydrogen-bond donors (Lipinski definition) is 1. The third-order valence-corrected chi connectivity index (χ3v) is 3.01. The minimum absolute atomic E-state index is 0.159. The molecule has 4 heteroatoms. The van der Waals surface area contributed by atoms with E-state index in [1.807, 2.05) is 6.07 Å². The highest BCUT2D eigenvalue weighted by Crippen LogP contribution is 2.23. The third-order valence-electron chi connectivity index (χ3n) is 3.01. The van der Waals surface area contributed by atoms with Gasteiger partial charge in [0.25, 0.3) is 5.56 Å². The number of carbonyl (C=O) groups excluding carboxylic acids is 1. The summed E-state index contributed by atoms with van der Waals surface area (Å²) in [4.78, 5) is 29.2. The molecule has 0 bridgehead atoms. The van der Waals surface area contributed by atoms with Crippen LogP contribution < -0.4 is 5.56 Å². The van der Waals surface area contributed by atoms with Crippen LogP contribution in [-0.2, 0) is 12.8 Å². The number of aldehydes is 1. The van der Waals surface area contributed by atoms with Crippen molar-refractivity contribution in [1.29, 1.82) is 0 Å². The van der Waals surface area contributed by atoms with Crippen LogP contribution in [-0.4, -0.2) is 16.3 Å². The lowest BCUT2D eigenvalue weighted by molar-refractivity contribution is 0.112. The first-order chi connectivity index (χ1) is 7.78. The summed E-state index contributed by atoms with van der Waals surface area (Å²) < 4.78 is 0. The van der Waals surface area contributed by atoms with Gasteiger partial charge in [-0.1, -0.05) is 0 Å². The van der Waals surface area contributed by atoms with E-state index in [9.17, 15) is 9.59 Å². The lowest BCUT2D eigenvalue weighted by Gasteiger charge is -2.02. The van der Waals surface area contributed by atoms with E-state index in [0.717, 1.165) is 30.3 Å². The summed E-state index contributed by atoms with van der Waals surface area (Å²) in [7, 11) is 0. The van der Waals surface area contributed by atoms with Crippen LogP contribution in [0.15, 0.2) is 16.9 Å². The second kappa shape index (κ2) is 3.27. The molecular formula is C12H10N2O2. The maximum absolute atomic E-state index is 11.4. The Balaban J connectivity index is 2.36. The van der Waals surface area contributed by atoms with E-state index in [-0.39, 0.29) is 11.1 Å². The Labute approximate surface area is 91.3 Å². The van der Waals surface area contributed by atoms with Crippen LogP contribution in [0.4, 0.5) is 0 Å². The van der Waals surface area contributed by atoms with Gasteiger partial charge in [0, 0.05) is 11.1 Å². The van der Waals surface area contributed by atoms with Crippen molar-refractivity contribution in [3.63, 3.8) is 0 Å². The predicted molar refractivity (Wildman–Crippen MR) is 59.8 cm³/mol. The SMILES string of the molecule is O=Cc1cc2cc3c(nc2[nH]c1=O)CCC3. The fraction of sp³-hybridized carbons (Fsp3) is 0.250. The lowest BCUT2D eigenvalue weighted by atomic mass is 10.1. The Hall–Kier alpha value is -1.97. The Kier molecular flexibility index (Phi) is 1.89. The van der Waals surface area contributed by atoms with Crippen molar-refractivity contribution in [3.8, 4) is 0 Å². The highest BCUT2D eigenvalue weighted by atomic mass is 16.1. The van der Waals surface area contributed by atoms with Gasteiger partial charge in [-0.3, -0.25) is 9.59 Å². The molecule has 0 atom stereocenters. The van der Waals surface area contributed by atoms with Gasteiger partial charge in [-0.25, -0.2) is 4.98 Å². The van der Waals surface area contributed by atoms with E-state index in [0.29, 0.717) is 11.9 Å². The Bertz CT molecular complexity index is 643. The van der Waals surface area contributed by atoms with Crippen molar-refractivity contribution in [2.24, 2.45) is 0 Å². The van der Waals surface area contributed by atoms with Gasteiger partial charge in [0.15, 0.2) is 6.29 Å². The molecule has 0 amide bonds. The van der Waals surface area contributed by atoms with Crippen molar-refractivity contribution >= 4 is 17.3 Å². The number of H-pyrrole nitrogens is 1. The van der Waals surface area contributed by atoms with E-state index in [1.54, 1.807) is 6.07 Å². The number of nitrogens with one attached hydrogen (secondary N) is 1. The standard InChI is InChI=1S/C12H10N2O2/c15-6-9-5-8-4-7-2-1-3-10(7)13-11(8)14-12(9)16/h4-6H,1-3H2,(H,13,14,16). The van der Waals surface area contributed by atoms with E-state index >= 15 is 0 Å². The second-order valence-corrected chi connectivity index (χ2v) is 4.06. The van der Waals surface area contributed by atoms with Crippen molar-refractivity contribution in [2.75, 3.05) is 0 Å². The fourth-order valence-electron chi connectivity index (χ4n) is 2.20. The number of hydrogen-bond acceptors (Lipinski definition) is 3. The van der Waals surface area contributed by atoms with E-state index in [1.165, 1.54) is 5.56 Å². The van der Waals surface area contributed by atoms with Crippen LogP contribution in [0.1, 0.15) is 28.0 Å². The van der Waals surface area contributed by atoms with Gasteiger partial charge in [0.05, 0.1) is 5.56 Å². The van der Waals surface area contributed by atoms with E-state index < -0.39 is 0 Å². The predicted octanol–water partition coefficient (Wildman–Crippen LogP) is 1.22. The van der Waals surface area contributed by atoms with Crippen LogP contribution in [0, 0.1) is 0 Å². The molecule has 2 heterocycles. The van der Waals surface area contributed by atoms with Crippen LogP contribution >= 0.6 is 0 Å². The summed E-state index contributed by atoms with van der Waals surface area (Å²) >= 11 is 0. The third kappa shape index (κ3) is 1.26. The average molecular weight is 214 g/mol. The zero-order chi connectivity index (χ0) is 11.1. The van der Waals surface area contributed by atoms with Crippen molar-refractivity contribution in [3.05, 3.63) is 39.3 Å². The molecule has 0 unspecified atom stereocenters. The number of pyridine rings is 2. The molecule has 0 radical (unpaired) electrons. The number of aromatic nitrogens is 2. The van der Waals surface area contributed by atoms with Crippen LogP contribution in [0.3, 0.4) is 0 Å². The molecule has 4 nitrogen and oxygen atoms in total. The van der Waals surface area contributed by atoms with Crippen LogP contribution in [0.5, 0.6) is 0 Å². The van der Waals surface area contributed by atoms with Gasteiger partial charge in [-0.15, -0.1) is 0 Å². The summed E-state index contributed by atoms with van der Waals surface area (Å²) in [6.07, 6.45) is 3.70. The minimum atomic E-state index is -0.368. The van der Waals surface area contributed by atoms with Crippen molar-refractivity contribution in [2.45, 2.75) is 19.3 Å². The monoisotopic (exact) mass is 214 g/mol. The first-order valence-electron chi connectivity index (χ1n) is 5.29.